The van der Waals surface area contributed by atoms with E-state index < -0.39 is 0 Å². The van der Waals surface area contributed by atoms with Crippen LogP contribution in [0.5, 0.6) is 0 Å². The van der Waals surface area contributed by atoms with Crippen molar-refractivity contribution in [2.24, 2.45) is 5.92 Å². The van der Waals surface area contributed by atoms with Gasteiger partial charge in [-0.05, 0) is 39.8 Å². The molecule has 0 aromatic heterocycles. The Kier molecular flexibility index (Phi) is 6.45. The minimum absolute atomic E-state index is 0.651. The third-order valence-electron chi connectivity index (χ3n) is 3.34. The molecule has 0 radical (unpaired) electrons. The zero-order valence-electron chi connectivity index (χ0n) is 12.4. The van der Waals surface area contributed by atoms with E-state index in [1.54, 1.807) is 0 Å². The van der Waals surface area contributed by atoms with Gasteiger partial charge in [-0.25, -0.2) is 0 Å². The standard InChI is InChI=1S/C14H31N3/c1-12(2)11-17(9-8-16(4)5)13(3)10-15-14-6-7-14/h12-15H,6-11H2,1-5H3. The molecule has 1 N–H and O–H groups in total. The van der Waals surface area contributed by atoms with Gasteiger partial charge in [0.05, 0.1) is 0 Å². The number of hydrogen-bond donors (Lipinski definition) is 1. The Labute approximate surface area is 108 Å². The molecule has 0 heterocycles. The summed E-state index contributed by atoms with van der Waals surface area (Å²) < 4.78 is 0. The number of rotatable bonds is 9. The van der Waals surface area contributed by atoms with Crippen LogP contribution in [0.1, 0.15) is 33.6 Å². The van der Waals surface area contributed by atoms with Crippen molar-refractivity contribution in [1.29, 1.82) is 0 Å². The molecule has 0 amide bonds. The van der Waals surface area contributed by atoms with E-state index in [-0.39, 0.29) is 0 Å². The summed E-state index contributed by atoms with van der Waals surface area (Å²) in [6, 6.07) is 1.48. The minimum Gasteiger partial charge on any atom is -0.312 e. The summed E-state index contributed by atoms with van der Waals surface area (Å²) in [7, 11) is 4.31. The fourth-order valence-electron chi connectivity index (χ4n) is 2.04. The lowest BCUT2D eigenvalue weighted by Gasteiger charge is -2.31. The SMILES string of the molecule is CC(C)CN(CCN(C)C)C(C)CNC1CC1. The van der Waals surface area contributed by atoms with E-state index in [4.69, 9.17) is 0 Å². The highest BCUT2D eigenvalue weighted by Crippen LogP contribution is 2.18. The second-order valence-corrected chi connectivity index (χ2v) is 6.22. The highest BCUT2D eigenvalue weighted by atomic mass is 15.2. The van der Waals surface area contributed by atoms with Gasteiger partial charge in [-0.3, -0.25) is 4.90 Å². The third kappa shape index (κ3) is 7.02. The van der Waals surface area contributed by atoms with Gasteiger partial charge in [-0.15, -0.1) is 0 Å². The van der Waals surface area contributed by atoms with E-state index >= 15 is 0 Å². The third-order valence-corrected chi connectivity index (χ3v) is 3.34. The molecule has 1 rings (SSSR count). The van der Waals surface area contributed by atoms with Crippen molar-refractivity contribution < 1.29 is 0 Å². The maximum atomic E-state index is 3.64. The quantitative estimate of drug-likeness (QED) is 0.662. The first-order chi connectivity index (χ1) is 7.99. The van der Waals surface area contributed by atoms with Crippen LogP contribution in [0.4, 0.5) is 0 Å². The van der Waals surface area contributed by atoms with Crippen molar-refractivity contribution >= 4 is 0 Å². The molecule has 3 nitrogen and oxygen atoms in total. The summed E-state index contributed by atoms with van der Waals surface area (Å²) in [5.74, 6) is 0.750. The zero-order valence-corrected chi connectivity index (χ0v) is 12.4. The Morgan fingerprint density at radius 2 is 1.76 bits per heavy atom. The molecule has 1 saturated carbocycles. The van der Waals surface area contributed by atoms with Gasteiger partial charge in [-0.2, -0.15) is 0 Å². The van der Waals surface area contributed by atoms with Gasteiger partial charge in [0, 0.05) is 38.3 Å². The fourth-order valence-corrected chi connectivity index (χ4v) is 2.04. The van der Waals surface area contributed by atoms with Crippen molar-refractivity contribution in [2.75, 3.05) is 40.3 Å². The predicted molar refractivity (Wildman–Crippen MR) is 75.5 cm³/mol. The normalized spacial score (nSPS) is 18.4. The van der Waals surface area contributed by atoms with Gasteiger partial charge < -0.3 is 10.2 Å². The van der Waals surface area contributed by atoms with Gasteiger partial charge in [-0.1, -0.05) is 13.8 Å². The van der Waals surface area contributed by atoms with Crippen molar-refractivity contribution in [3.63, 3.8) is 0 Å². The van der Waals surface area contributed by atoms with Crippen LogP contribution in [0.25, 0.3) is 0 Å². The number of likely N-dealkylation sites (N-methyl/N-ethyl adjacent to an activating group) is 1. The molecule has 0 spiro atoms. The molecular formula is C14H31N3. The molecule has 1 fully saturated rings. The molecule has 1 atom stereocenters. The lowest BCUT2D eigenvalue weighted by Crippen LogP contribution is -2.45. The molecule has 1 aliphatic carbocycles. The van der Waals surface area contributed by atoms with Crippen LogP contribution in [0, 0.1) is 5.92 Å². The summed E-state index contributed by atoms with van der Waals surface area (Å²) >= 11 is 0. The number of hydrogen-bond acceptors (Lipinski definition) is 3. The van der Waals surface area contributed by atoms with Gasteiger partial charge in [0.2, 0.25) is 0 Å². The number of nitrogens with zero attached hydrogens (tertiary/aromatic N) is 2. The molecule has 17 heavy (non-hydrogen) atoms. The highest BCUT2D eigenvalue weighted by molar-refractivity contribution is 4.83. The van der Waals surface area contributed by atoms with Crippen molar-refractivity contribution in [3.8, 4) is 0 Å². The number of nitrogens with one attached hydrogen (secondary N) is 1. The first-order valence-electron chi connectivity index (χ1n) is 7.11. The summed E-state index contributed by atoms with van der Waals surface area (Å²) in [5, 5.41) is 3.64. The maximum Gasteiger partial charge on any atom is 0.0193 e. The van der Waals surface area contributed by atoms with Crippen LogP contribution in [-0.2, 0) is 0 Å². The summed E-state index contributed by atoms with van der Waals surface area (Å²) in [6.45, 7) is 11.7. The summed E-state index contributed by atoms with van der Waals surface area (Å²) in [4.78, 5) is 4.90. The van der Waals surface area contributed by atoms with Crippen LogP contribution in [0.3, 0.4) is 0 Å². The smallest absolute Gasteiger partial charge is 0.0193 e. The molecule has 1 aliphatic rings. The van der Waals surface area contributed by atoms with E-state index in [1.807, 2.05) is 0 Å². The van der Waals surface area contributed by atoms with Gasteiger partial charge in [0.1, 0.15) is 0 Å². The minimum atomic E-state index is 0.651. The first-order valence-corrected chi connectivity index (χ1v) is 7.11. The Hall–Kier alpha value is -0.120. The lowest BCUT2D eigenvalue weighted by molar-refractivity contribution is 0.166. The molecule has 102 valence electrons. The van der Waals surface area contributed by atoms with Crippen LogP contribution in [0.2, 0.25) is 0 Å². The average Bonchev–Trinajstić information content (AvgIpc) is 3.03. The van der Waals surface area contributed by atoms with E-state index in [1.165, 1.54) is 25.9 Å². The van der Waals surface area contributed by atoms with Crippen molar-refractivity contribution in [1.82, 2.24) is 15.1 Å². The Morgan fingerprint density at radius 3 is 2.24 bits per heavy atom. The highest BCUT2D eigenvalue weighted by Gasteiger charge is 2.22. The Balaban J connectivity index is 2.29. The first kappa shape index (κ1) is 14.9. The average molecular weight is 241 g/mol. The maximum absolute atomic E-state index is 3.64. The van der Waals surface area contributed by atoms with E-state index in [0.717, 1.165) is 25.0 Å². The predicted octanol–water partition coefficient (Wildman–Crippen LogP) is 1.65. The molecule has 0 aromatic carbocycles. The second kappa shape index (κ2) is 7.34. The largest absolute Gasteiger partial charge is 0.312 e. The van der Waals surface area contributed by atoms with Crippen LogP contribution < -0.4 is 5.32 Å². The molecule has 3 heteroatoms. The van der Waals surface area contributed by atoms with Crippen LogP contribution in [-0.4, -0.2) is 62.2 Å². The monoisotopic (exact) mass is 241 g/mol. The zero-order chi connectivity index (χ0) is 12.8. The lowest BCUT2D eigenvalue weighted by atomic mass is 10.1. The molecule has 0 bridgehead atoms. The molecule has 0 aliphatic heterocycles. The molecule has 0 saturated heterocycles. The summed E-state index contributed by atoms with van der Waals surface area (Å²) in [5.41, 5.74) is 0. The fraction of sp³-hybridized carbons (Fsp3) is 1.00. The molecule has 0 aromatic rings. The van der Waals surface area contributed by atoms with Gasteiger partial charge >= 0.3 is 0 Å². The topological polar surface area (TPSA) is 18.5 Å². The van der Waals surface area contributed by atoms with Crippen molar-refractivity contribution in [2.45, 2.75) is 45.7 Å². The Bertz CT molecular complexity index is 200. The van der Waals surface area contributed by atoms with E-state index in [2.05, 4.69) is 50.0 Å². The van der Waals surface area contributed by atoms with Gasteiger partial charge in [0.25, 0.3) is 0 Å². The van der Waals surface area contributed by atoms with Gasteiger partial charge in [0.15, 0.2) is 0 Å². The molecular weight excluding hydrogens is 210 g/mol. The van der Waals surface area contributed by atoms with Crippen molar-refractivity contribution in [3.05, 3.63) is 0 Å². The van der Waals surface area contributed by atoms with Crippen LogP contribution in [0.15, 0.2) is 0 Å². The van der Waals surface area contributed by atoms with E-state index in [0.29, 0.717) is 6.04 Å². The summed E-state index contributed by atoms with van der Waals surface area (Å²) in [6.07, 6.45) is 2.77. The van der Waals surface area contributed by atoms with Crippen LogP contribution >= 0.6 is 0 Å². The van der Waals surface area contributed by atoms with E-state index in [9.17, 15) is 0 Å². The Morgan fingerprint density at radius 1 is 1.12 bits per heavy atom. The second-order valence-electron chi connectivity index (χ2n) is 6.22. The molecule has 1 unspecified atom stereocenters.